The van der Waals surface area contributed by atoms with Crippen molar-refractivity contribution < 1.29 is 9.59 Å². The third-order valence-electron chi connectivity index (χ3n) is 3.41. The summed E-state index contributed by atoms with van der Waals surface area (Å²) in [4.78, 5) is 24.9. The SMILES string of the molecule is O=C(Nc1ccccc1C(=O)NCC1CC1)c1cccs1. The Morgan fingerprint density at radius 3 is 2.62 bits per heavy atom. The molecule has 0 atom stereocenters. The van der Waals surface area contributed by atoms with Gasteiger partial charge in [0.25, 0.3) is 11.8 Å². The summed E-state index contributed by atoms with van der Waals surface area (Å²) in [6.45, 7) is 0.714. The first-order valence-electron chi connectivity index (χ1n) is 6.96. The third-order valence-corrected chi connectivity index (χ3v) is 4.28. The number of rotatable bonds is 5. The van der Waals surface area contributed by atoms with Crippen molar-refractivity contribution in [1.29, 1.82) is 0 Å². The van der Waals surface area contributed by atoms with Crippen molar-refractivity contribution in [3.05, 3.63) is 52.2 Å². The van der Waals surface area contributed by atoms with Gasteiger partial charge in [-0.2, -0.15) is 0 Å². The lowest BCUT2D eigenvalue weighted by Crippen LogP contribution is -2.27. The summed E-state index contributed by atoms with van der Waals surface area (Å²) in [5, 5.41) is 7.58. The van der Waals surface area contributed by atoms with E-state index in [9.17, 15) is 9.59 Å². The Balaban J connectivity index is 1.72. The summed E-state index contributed by atoms with van der Waals surface area (Å²) in [5.74, 6) is 0.304. The Kier molecular flexibility index (Phi) is 4.01. The van der Waals surface area contributed by atoms with Gasteiger partial charge in [-0.3, -0.25) is 9.59 Å². The average Bonchev–Trinajstić information content (AvgIpc) is 3.16. The minimum atomic E-state index is -0.188. The first-order chi connectivity index (χ1) is 10.2. The monoisotopic (exact) mass is 300 g/mol. The normalized spacial score (nSPS) is 13.7. The van der Waals surface area contributed by atoms with E-state index in [1.165, 1.54) is 24.2 Å². The standard InChI is InChI=1S/C16H16N2O2S/c19-15(17-10-11-7-8-11)12-4-1-2-5-13(12)18-16(20)14-6-3-9-21-14/h1-6,9,11H,7-8,10H2,(H,17,19)(H,18,20). The molecule has 2 N–H and O–H groups in total. The number of amides is 2. The molecule has 3 rings (SSSR count). The molecule has 1 aromatic heterocycles. The number of carbonyl (C=O) groups is 2. The van der Waals surface area contributed by atoms with Gasteiger partial charge in [-0.1, -0.05) is 18.2 Å². The molecule has 2 aromatic rings. The van der Waals surface area contributed by atoms with E-state index >= 15 is 0 Å². The van der Waals surface area contributed by atoms with E-state index < -0.39 is 0 Å². The van der Waals surface area contributed by atoms with Gasteiger partial charge in [0.05, 0.1) is 16.1 Å². The molecule has 0 spiro atoms. The van der Waals surface area contributed by atoms with Gasteiger partial charge in [0, 0.05) is 6.54 Å². The summed E-state index contributed by atoms with van der Waals surface area (Å²) in [5.41, 5.74) is 1.05. The van der Waals surface area contributed by atoms with E-state index in [0.717, 1.165) is 0 Å². The summed E-state index contributed by atoms with van der Waals surface area (Å²) in [7, 11) is 0. The number of thiophene rings is 1. The molecule has 1 aliphatic carbocycles. The molecule has 1 fully saturated rings. The lowest BCUT2D eigenvalue weighted by atomic mass is 10.1. The molecular weight excluding hydrogens is 284 g/mol. The van der Waals surface area contributed by atoms with E-state index in [2.05, 4.69) is 10.6 Å². The van der Waals surface area contributed by atoms with Crippen molar-refractivity contribution in [1.82, 2.24) is 5.32 Å². The van der Waals surface area contributed by atoms with Gasteiger partial charge in [0.2, 0.25) is 0 Å². The van der Waals surface area contributed by atoms with Gasteiger partial charge in [-0.05, 0) is 42.3 Å². The number of benzene rings is 1. The van der Waals surface area contributed by atoms with Crippen LogP contribution in [0.5, 0.6) is 0 Å². The van der Waals surface area contributed by atoms with Gasteiger partial charge < -0.3 is 10.6 Å². The van der Waals surface area contributed by atoms with Crippen LogP contribution in [0.2, 0.25) is 0 Å². The van der Waals surface area contributed by atoms with Crippen LogP contribution in [0.25, 0.3) is 0 Å². The number of anilines is 1. The molecular formula is C16H16N2O2S. The lowest BCUT2D eigenvalue weighted by molar-refractivity contribution is 0.0952. The van der Waals surface area contributed by atoms with E-state index in [0.29, 0.717) is 28.6 Å². The predicted molar refractivity (Wildman–Crippen MR) is 83.8 cm³/mol. The van der Waals surface area contributed by atoms with Crippen LogP contribution in [0.3, 0.4) is 0 Å². The molecule has 21 heavy (non-hydrogen) atoms. The highest BCUT2D eigenvalue weighted by molar-refractivity contribution is 7.12. The van der Waals surface area contributed by atoms with Crippen LogP contribution in [0.4, 0.5) is 5.69 Å². The van der Waals surface area contributed by atoms with Crippen LogP contribution >= 0.6 is 11.3 Å². The molecule has 1 aromatic carbocycles. The van der Waals surface area contributed by atoms with Crippen LogP contribution in [0.1, 0.15) is 32.9 Å². The fourth-order valence-electron chi connectivity index (χ4n) is 2.04. The second kappa shape index (κ2) is 6.10. The number of hydrogen-bond donors (Lipinski definition) is 2. The van der Waals surface area contributed by atoms with Gasteiger partial charge in [0.15, 0.2) is 0 Å². The molecule has 2 amide bonds. The van der Waals surface area contributed by atoms with Crippen molar-refractivity contribution >= 4 is 28.8 Å². The molecule has 1 heterocycles. The minimum Gasteiger partial charge on any atom is -0.352 e. The fourth-order valence-corrected chi connectivity index (χ4v) is 2.65. The van der Waals surface area contributed by atoms with Gasteiger partial charge >= 0.3 is 0 Å². The summed E-state index contributed by atoms with van der Waals surface area (Å²) < 4.78 is 0. The number of nitrogens with one attached hydrogen (secondary N) is 2. The first kappa shape index (κ1) is 13.8. The van der Waals surface area contributed by atoms with Crippen LogP contribution in [0, 0.1) is 5.92 Å². The Bertz CT molecular complexity index is 648. The molecule has 5 heteroatoms. The summed E-state index contributed by atoms with van der Waals surface area (Å²) in [6, 6.07) is 10.7. The Morgan fingerprint density at radius 1 is 1.10 bits per heavy atom. The van der Waals surface area contributed by atoms with Crippen molar-refractivity contribution in [2.45, 2.75) is 12.8 Å². The van der Waals surface area contributed by atoms with E-state index in [4.69, 9.17) is 0 Å². The molecule has 4 nitrogen and oxygen atoms in total. The molecule has 1 saturated carbocycles. The minimum absolute atomic E-state index is 0.135. The highest BCUT2D eigenvalue weighted by Gasteiger charge is 2.22. The van der Waals surface area contributed by atoms with Crippen molar-refractivity contribution in [2.24, 2.45) is 5.92 Å². The van der Waals surface area contributed by atoms with Gasteiger partial charge in [0.1, 0.15) is 0 Å². The summed E-state index contributed by atoms with van der Waals surface area (Å²) >= 11 is 1.37. The van der Waals surface area contributed by atoms with Crippen molar-refractivity contribution in [2.75, 3.05) is 11.9 Å². The first-order valence-corrected chi connectivity index (χ1v) is 7.84. The maximum Gasteiger partial charge on any atom is 0.265 e. The largest absolute Gasteiger partial charge is 0.352 e. The van der Waals surface area contributed by atoms with Crippen LogP contribution in [-0.2, 0) is 0 Å². The van der Waals surface area contributed by atoms with Crippen molar-refractivity contribution in [3.63, 3.8) is 0 Å². The van der Waals surface area contributed by atoms with Crippen LogP contribution < -0.4 is 10.6 Å². The van der Waals surface area contributed by atoms with Gasteiger partial charge in [-0.15, -0.1) is 11.3 Å². The fraction of sp³-hybridized carbons (Fsp3) is 0.250. The molecule has 1 aliphatic rings. The number of carbonyl (C=O) groups excluding carboxylic acids is 2. The third kappa shape index (κ3) is 3.49. The maximum atomic E-state index is 12.2. The van der Waals surface area contributed by atoms with Gasteiger partial charge in [-0.25, -0.2) is 0 Å². The molecule has 0 aliphatic heterocycles. The van der Waals surface area contributed by atoms with E-state index in [1.54, 1.807) is 24.3 Å². The summed E-state index contributed by atoms with van der Waals surface area (Å²) in [6.07, 6.45) is 2.38. The molecule has 0 bridgehead atoms. The van der Waals surface area contributed by atoms with E-state index in [1.807, 2.05) is 17.5 Å². The van der Waals surface area contributed by atoms with E-state index in [-0.39, 0.29) is 11.8 Å². The molecule has 0 radical (unpaired) electrons. The zero-order chi connectivity index (χ0) is 14.7. The second-order valence-corrected chi connectivity index (χ2v) is 6.08. The molecule has 0 saturated heterocycles. The zero-order valence-electron chi connectivity index (χ0n) is 11.5. The number of para-hydroxylation sites is 1. The number of hydrogen-bond acceptors (Lipinski definition) is 3. The van der Waals surface area contributed by atoms with Crippen LogP contribution in [0.15, 0.2) is 41.8 Å². The zero-order valence-corrected chi connectivity index (χ0v) is 12.3. The Labute approximate surface area is 127 Å². The highest BCUT2D eigenvalue weighted by atomic mass is 32.1. The average molecular weight is 300 g/mol. The van der Waals surface area contributed by atoms with Crippen LogP contribution in [-0.4, -0.2) is 18.4 Å². The topological polar surface area (TPSA) is 58.2 Å². The molecule has 108 valence electrons. The highest BCUT2D eigenvalue weighted by Crippen LogP contribution is 2.27. The quantitative estimate of drug-likeness (QED) is 0.891. The second-order valence-electron chi connectivity index (χ2n) is 5.13. The van der Waals surface area contributed by atoms with Crippen molar-refractivity contribution in [3.8, 4) is 0 Å². The lowest BCUT2D eigenvalue weighted by Gasteiger charge is -2.10. The predicted octanol–water partition coefficient (Wildman–Crippen LogP) is 3.14. The maximum absolute atomic E-state index is 12.2. The Morgan fingerprint density at radius 2 is 1.90 bits per heavy atom. The molecule has 0 unspecified atom stereocenters. The Hall–Kier alpha value is -2.14. The smallest absolute Gasteiger partial charge is 0.265 e.